The summed E-state index contributed by atoms with van der Waals surface area (Å²) in [5.74, 6) is 0.480. The fraction of sp³-hybridized carbons (Fsp3) is 0.235. The Kier molecular flexibility index (Phi) is 5.80. The number of benzene rings is 2. The van der Waals surface area contributed by atoms with Crippen LogP contribution in [0.2, 0.25) is 0 Å². The summed E-state index contributed by atoms with van der Waals surface area (Å²) in [5, 5.41) is 2.69. The molecule has 2 aromatic carbocycles. The van der Waals surface area contributed by atoms with Crippen molar-refractivity contribution in [3.63, 3.8) is 0 Å². The van der Waals surface area contributed by atoms with Crippen LogP contribution in [-0.2, 0) is 11.3 Å². The van der Waals surface area contributed by atoms with Gasteiger partial charge in [-0.15, -0.1) is 0 Å². The Balaban J connectivity index is 1.90. The molecule has 0 bridgehead atoms. The second kappa shape index (κ2) is 8.03. The topological polar surface area (TPSA) is 56.8 Å². The van der Waals surface area contributed by atoms with Crippen LogP contribution in [0.25, 0.3) is 0 Å². The lowest BCUT2D eigenvalue weighted by Crippen LogP contribution is -2.28. The summed E-state index contributed by atoms with van der Waals surface area (Å²) in [4.78, 5) is 11.8. The van der Waals surface area contributed by atoms with Gasteiger partial charge >= 0.3 is 0 Å². The third-order valence-corrected chi connectivity index (χ3v) is 3.16. The van der Waals surface area contributed by atoms with Crippen LogP contribution in [-0.4, -0.2) is 26.7 Å². The van der Waals surface area contributed by atoms with Gasteiger partial charge < -0.3 is 19.5 Å². The van der Waals surface area contributed by atoms with Crippen molar-refractivity contribution in [2.75, 3.05) is 20.8 Å². The molecule has 0 unspecified atom stereocenters. The number of para-hydroxylation sites is 1. The number of methoxy groups -OCH3 is 2. The summed E-state index contributed by atoms with van der Waals surface area (Å²) in [6.07, 6.45) is 0. The number of amides is 1. The Morgan fingerprint density at radius 1 is 1.09 bits per heavy atom. The van der Waals surface area contributed by atoms with Crippen molar-refractivity contribution < 1.29 is 23.4 Å². The van der Waals surface area contributed by atoms with E-state index in [1.807, 2.05) is 0 Å². The highest BCUT2D eigenvalue weighted by molar-refractivity contribution is 5.77. The lowest BCUT2D eigenvalue weighted by molar-refractivity contribution is -0.123. The van der Waals surface area contributed by atoms with Gasteiger partial charge in [0.2, 0.25) is 0 Å². The first kappa shape index (κ1) is 16.6. The van der Waals surface area contributed by atoms with Crippen LogP contribution < -0.4 is 19.5 Å². The third-order valence-electron chi connectivity index (χ3n) is 3.16. The molecule has 23 heavy (non-hydrogen) atoms. The van der Waals surface area contributed by atoms with Gasteiger partial charge in [0.05, 0.1) is 14.2 Å². The van der Waals surface area contributed by atoms with Crippen molar-refractivity contribution >= 4 is 5.91 Å². The van der Waals surface area contributed by atoms with Crippen LogP contribution in [0.1, 0.15) is 5.56 Å². The van der Waals surface area contributed by atoms with Gasteiger partial charge in [0.25, 0.3) is 5.91 Å². The van der Waals surface area contributed by atoms with Crippen molar-refractivity contribution in [3.8, 4) is 17.2 Å². The first-order valence-electron chi connectivity index (χ1n) is 6.99. The minimum atomic E-state index is -0.505. The minimum absolute atomic E-state index is 0.0432. The summed E-state index contributed by atoms with van der Waals surface area (Å²) in [6.45, 7) is -0.0208. The maximum atomic E-state index is 13.4. The average Bonchev–Trinajstić information content (AvgIpc) is 2.58. The lowest BCUT2D eigenvalue weighted by atomic mass is 10.2. The third kappa shape index (κ3) is 4.60. The maximum absolute atomic E-state index is 13.4. The zero-order chi connectivity index (χ0) is 16.7. The molecule has 2 aromatic rings. The molecule has 1 amide bonds. The molecule has 0 heterocycles. The SMILES string of the molecule is COc1ccc(OC)c(CNC(=O)COc2ccccc2F)c1. The Morgan fingerprint density at radius 3 is 2.57 bits per heavy atom. The molecule has 1 N–H and O–H groups in total. The number of hydrogen-bond acceptors (Lipinski definition) is 4. The molecule has 2 rings (SSSR count). The number of hydrogen-bond donors (Lipinski definition) is 1. The summed E-state index contributed by atoms with van der Waals surface area (Å²) in [5.41, 5.74) is 0.770. The number of nitrogens with one attached hydrogen (secondary N) is 1. The number of carbonyl (C=O) groups excluding carboxylic acids is 1. The molecule has 0 aromatic heterocycles. The van der Waals surface area contributed by atoms with Crippen molar-refractivity contribution in [1.82, 2.24) is 5.32 Å². The second-order valence-electron chi connectivity index (χ2n) is 4.67. The largest absolute Gasteiger partial charge is 0.497 e. The van der Waals surface area contributed by atoms with Crippen LogP contribution in [0.15, 0.2) is 42.5 Å². The second-order valence-corrected chi connectivity index (χ2v) is 4.67. The van der Waals surface area contributed by atoms with E-state index in [-0.39, 0.29) is 24.8 Å². The molecule has 6 heteroatoms. The van der Waals surface area contributed by atoms with E-state index in [0.29, 0.717) is 11.5 Å². The highest BCUT2D eigenvalue weighted by Crippen LogP contribution is 2.23. The molecule has 0 aliphatic heterocycles. The van der Waals surface area contributed by atoms with Crippen molar-refractivity contribution in [1.29, 1.82) is 0 Å². The molecule has 0 radical (unpaired) electrons. The zero-order valence-electron chi connectivity index (χ0n) is 13.0. The molecular formula is C17H18FNO4. The molecule has 0 fully saturated rings. The molecule has 5 nitrogen and oxygen atoms in total. The normalized spacial score (nSPS) is 10.0. The van der Waals surface area contributed by atoms with Crippen molar-refractivity contribution in [2.24, 2.45) is 0 Å². The van der Waals surface area contributed by atoms with Gasteiger partial charge in [-0.25, -0.2) is 4.39 Å². The number of halogens is 1. The van der Waals surface area contributed by atoms with Gasteiger partial charge in [0.15, 0.2) is 18.2 Å². The van der Waals surface area contributed by atoms with E-state index in [2.05, 4.69) is 5.32 Å². The monoisotopic (exact) mass is 319 g/mol. The van der Waals surface area contributed by atoms with Gasteiger partial charge in [0, 0.05) is 12.1 Å². The van der Waals surface area contributed by atoms with E-state index in [1.165, 1.54) is 12.1 Å². The number of ether oxygens (including phenoxy) is 3. The van der Waals surface area contributed by atoms with Crippen LogP contribution in [0, 0.1) is 5.82 Å². The number of carbonyl (C=O) groups is 1. The van der Waals surface area contributed by atoms with Gasteiger partial charge in [-0.1, -0.05) is 12.1 Å². The zero-order valence-corrected chi connectivity index (χ0v) is 13.0. The first-order chi connectivity index (χ1) is 11.1. The van der Waals surface area contributed by atoms with Crippen LogP contribution in [0.3, 0.4) is 0 Å². The molecule has 0 aliphatic carbocycles. The number of rotatable bonds is 7. The quantitative estimate of drug-likeness (QED) is 0.852. The predicted molar refractivity (Wildman–Crippen MR) is 83.3 cm³/mol. The first-order valence-corrected chi connectivity index (χ1v) is 6.99. The van der Waals surface area contributed by atoms with Crippen LogP contribution in [0.5, 0.6) is 17.2 Å². The van der Waals surface area contributed by atoms with E-state index < -0.39 is 5.82 Å². The smallest absolute Gasteiger partial charge is 0.258 e. The molecule has 0 atom stereocenters. The Morgan fingerprint density at radius 2 is 1.87 bits per heavy atom. The van der Waals surface area contributed by atoms with E-state index >= 15 is 0 Å². The lowest BCUT2D eigenvalue weighted by Gasteiger charge is -2.12. The maximum Gasteiger partial charge on any atom is 0.258 e. The average molecular weight is 319 g/mol. The fourth-order valence-electron chi connectivity index (χ4n) is 1.97. The standard InChI is InChI=1S/C17H18FNO4/c1-21-13-7-8-15(22-2)12(9-13)10-19-17(20)11-23-16-6-4-3-5-14(16)18/h3-9H,10-11H2,1-2H3,(H,19,20). The predicted octanol–water partition coefficient (Wildman–Crippen LogP) is 2.54. The fourth-order valence-corrected chi connectivity index (χ4v) is 1.97. The van der Waals surface area contributed by atoms with Gasteiger partial charge in [0.1, 0.15) is 11.5 Å². The summed E-state index contributed by atoms with van der Waals surface area (Å²) in [7, 11) is 3.11. The summed E-state index contributed by atoms with van der Waals surface area (Å²) in [6, 6.07) is 11.2. The Hall–Kier alpha value is -2.76. The molecule has 0 saturated heterocycles. The minimum Gasteiger partial charge on any atom is -0.497 e. The van der Waals surface area contributed by atoms with E-state index in [9.17, 15) is 9.18 Å². The molecule has 0 aliphatic rings. The Labute approximate surface area is 134 Å². The molecule has 0 saturated carbocycles. The Bertz CT molecular complexity index is 675. The van der Waals surface area contributed by atoms with E-state index in [0.717, 1.165) is 5.56 Å². The van der Waals surface area contributed by atoms with Gasteiger partial charge in [-0.2, -0.15) is 0 Å². The van der Waals surface area contributed by atoms with Crippen molar-refractivity contribution in [3.05, 3.63) is 53.8 Å². The van der Waals surface area contributed by atoms with E-state index in [4.69, 9.17) is 14.2 Å². The highest BCUT2D eigenvalue weighted by atomic mass is 19.1. The summed E-state index contributed by atoms with van der Waals surface area (Å²) >= 11 is 0. The van der Waals surface area contributed by atoms with Gasteiger partial charge in [-0.05, 0) is 30.3 Å². The van der Waals surface area contributed by atoms with Gasteiger partial charge in [-0.3, -0.25) is 4.79 Å². The van der Waals surface area contributed by atoms with Crippen LogP contribution in [0.4, 0.5) is 4.39 Å². The highest BCUT2D eigenvalue weighted by Gasteiger charge is 2.09. The molecule has 122 valence electrons. The summed E-state index contributed by atoms with van der Waals surface area (Å²) < 4.78 is 28.9. The van der Waals surface area contributed by atoms with E-state index in [1.54, 1.807) is 44.6 Å². The molecular weight excluding hydrogens is 301 g/mol. The van der Waals surface area contributed by atoms with Crippen LogP contribution >= 0.6 is 0 Å². The molecule has 0 spiro atoms. The van der Waals surface area contributed by atoms with Crippen molar-refractivity contribution in [2.45, 2.75) is 6.54 Å².